The number of amides is 1. The maximum absolute atomic E-state index is 12.3. The van der Waals surface area contributed by atoms with Crippen molar-refractivity contribution >= 4 is 33.3 Å². The summed E-state index contributed by atoms with van der Waals surface area (Å²) in [6.45, 7) is 6.52. The van der Waals surface area contributed by atoms with Gasteiger partial charge in [0.1, 0.15) is 22.7 Å². The molecule has 2 N–H and O–H groups in total. The molecule has 7 heteroatoms. The van der Waals surface area contributed by atoms with Crippen LogP contribution in [-0.4, -0.2) is 29.5 Å². The maximum atomic E-state index is 12.3. The fraction of sp³-hybridized carbons (Fsp3) is 0.211. The zero-order valence-electron chi connectivity index (χ0n) is 14.7. The van der Waals surface area contributed by atoms with Gasteiger partial charge in [-0.3, -0.25) is 4.79 Å². The number of fused-ring (bicyclic) bond motifs is 1. The predicted molar refractivity (Wildman–Crippen MR) is 105 cm³/mol. The lowest BCUT2D eigenvalue weighted by Gasteiger charge is -2.10. The van der Waals surface area contributed by atoms with E-state index in [0.29, 0.717) is 23.8 Å². The quantitative estimate of drug-likeness (QED) is 0.624. The number of anilines is 1. The van der Waals surface area contributed by atoms with Crippen LogP contribution in [0.5, 0.6) is 5.75 Å². The molecule has 0 unspecified atom stereocenters. The van der Waals surface area contributed by atoms with Crippen molar-refractivity contribution in [3.63, 3.8) is 0 Å². The minimum absolute atomic E-state index is 0.124. The second-order valence-electron chi connectivity index (χ2n) is 5.62. The van der Waals surface area contributed by atoms with Gasteiger partial charge >= 0.3 is 0 Å². The topological polar surface area (TPSA) is 76.1 Å². The van der Waals surface area contributed by atoms with Crippen molar-refractivity contribution in [2.75, 3.05) is 19.0 Å². The monoisotopic (exact) mass is 368 g/mol. The van der Waals surface area contributed by atoms with Gasteiger partial charge in [0.15, 0.2) is 0 Å². The first-order valence-corrected chi connectivity index (χ1v) is 8.96. The zero-order valence-corrected chi connectivity index (χ0v) is 15.5. The summed E-state index contributed by atoms with van der Waals surface area (Å²) in [6, 6.07) is 7.82. The number of thiophene rings is 1. The molecule has 3 rings (SSSR count). The van der Waals surface area contributed by atoms with Gasteiger partial charge in [0, 0.05) is 18.7 Å². The van der Waals surface area contributed by atoms with Crippen LogP contribution in [0.2, 0.25) is 0 Å². The van der Waals surface area contributed by atoms with Crippen molar-refractivity contribution in [2.24, 2.45) is 0 Å². The highest BCUT2D eigenvalue weighted by molar-refractivity contribution is 7.20. The fourth-order valence-corrected chi connectivity index (χ4v) is 3.76. The number of nitrogens with one attached hydrogen (secondary N) is 2. The molecule has 0 atom stereocenters. The van der Waals surface area contributed by atoms with Crippen LogP contribution in [0.3, 0.4) is 0 Å². The van der Waals surface area contributed by atoms with Crippen LogP contribution in [0.1, 0.15) is 20.8 Å². The summed E-state index contributed by atoms with van der Waals surface area (Å²) < 4.78 is 5.39. The number of hydrogen-bond donors (Lipinski definition) is 2. The number of benzene rings is 1. The number of aromatic nitrogens is 2. The highest BCUT2D eigenvalue weighted by atomic mass is 32.1. The minimum Gasteiger partial charge on any atom is -0.496 e. The van der Waals surface area contributed by atoms with E-state index >= 15 is 0 Å². The van der Waals surface area contributed by atoms with Gasteiger partial charge < -0.3 is 15.4 Å². The van der Waals surface area contributed by atoms with Crippen LogP contribution in [0.4, 0.5) is 5.82 Å². The molecule has 0 aliphatic rings. The lowest BCUT2D eigenvalue weighted by atomic mass is 10.1. The Hall–Kier alpha value is -2.93. The summed E-state index contributed by atoms with van der Waals surface area (Å²) in [7, 11) is 1.65. The molecule has 0 aliphatic heterocycles. The Kier molecular flexibility index (Phi) is 5.48. The van der Waals surface area contributed by atoms with E-state index in [1.807, 2.05) is 31.2 Å². The van der Waals surface area contributed by atoms with Gasteiger partial charge in [-0.1, -0.05) is 24.3 Å². The molecule has 0 spiro atoms. The smallest absolute Gasteiger partial charge is 0.261 e. The molecule has 3 aromatic rings. The van der Waals surface area contributed by atoms with Crippen molar-refractivity contribution in [1.29, 1.82) is 0 Å². The molecule has 0 saturated heterocycles. The number of ether oxygens (including phenoxy) is 1. The Labute approximate surface area is 155 Å². The van der Waals surface area contributed by atoms with E-state index in [1.54, 1.807) is 13.2 Å². The number of para-hydroxylation sites is 1. The average Bonchev–Trinajstić information content (AvgIpc) is 3.02. The third-order valence-electron chi connectivity index (χ3n) is 3.98. The number of hydrogen-bond acceptors (Lipinski definition) is 6. The summed E-state index contributed by atoms with van der Waals surface area (Å²) in [5, 5.41) is 7.03. The number of methoxy groups -OCH3 is 1. The molecular weight excluding hydrogens is 348 g/mol. The van der Waals surface area contributed by atoms with Gasteiger partial charge in [0.05, 0.1) is 17.4 Å². The third-order valence-corrected chi connectivity index (χ3v) is 5.18. The summed E-state index contributed by atoms with van der Waals surface area (Å²) in [5.74, 6) is 1.40. The molecule has 2 aromatic heterocycles. The number of carbonyl (C=O) groups is 1. The van der Waals surface area contributed by atoms with Crippen molar-refractivity contribution < 1.29 is 9.53 Å². The van der Waals surface area contributed by atoms with Crippen LogP contribution in [0.15, 0.2) is 43.2 Å². The number of rotatable bonds is 7. The second kappa shape index (κ2) is 7.97. The van der Waals surface area contributed by atoms with Crippen molar-refractivity contribution in [3.05, 3.63) is 59.3 Å². The molecule has 0 radical (unpaired) electrons. The summed E-state index contributed by atoms with van der Waals surface area (Å²) in [4.78, 5) is 22.4. The highest BCUT2D eigenvalue weighted by Crippen LogP contribution is 2.33. The van der Waals surface area contributed by atoms with Gasteiger partial charge in [-0.15, -0.1) is 17.9 Å². The predicted octanol–water partition coefficient (Wildman–Crippen LogP) is 3.54. The van der Waals surface area contributed by atoms with E-state index in [1.165, 1.54) is 17.7 Å². The first-order chi connectivity index (χ1) is 12.7. The van der Waals surface area contributed by atoms with Crippen LogP contribution >= 0.6 is 11.3 Å². The van der Waals surface area contributed by atoms with Crippen LogP contribution in [0, 0.1) is 6.92 Å². The van der Waals surface area contributed by atoms with E-state index < -0.39 is 0 Å². The van der Waals surface area contributed by atoms with E-state index in [4.69, 9.17) is 4.74 Å². The van der Waals surface area contributed by atoms with E-state index in [0.717, 1.165) is 27.1 Å². The highest BCUT2D eigenvalue weighted by Gasteiger charge is 2.19. The number of carbonyl (C=O) groups excluding carboxylic acids is 1. The Balaban J connectivity index is 1.90. The van der Waals surface area contributed by atoms with Gasteiger partial charge in [0.25, 0.3) is 5.91 Å². The lowest BCUT2D eigenvalue weighted by molar-refractivity contribution is 0.0961. The molecule has 1 aromatic carbocycles. The first-order valence-electron chi connectivity index (χ1n) is 8.14. The van der Waals surface area contributed by atoms with E-state index in [9.17, 15) is 4.79 Å². The molecule has 0 saturated carbocycles. The van der Waals surface area contributed by atoms with Crippen molar-refractivity contribution in [2.45, 2.75) is 13.5 Å². The summed E-state index contributed by atoms with van der Waals surface area (Å²) >= 11 is 1.36. The average molecular weight is 368 g/mol. The van der Waals surface area contributed by atoms with Gasteiger partial charge in [-0.05, 0) is 18.6 Å². The SMILES string of the molecule is C=CCNC(=O)c1sc2ncnc(NCc3ccccc3OC)c2c1C. The molecule has 2 heterocycles. The molecule has 0 bridgehead atoms. The lowest BCUT2D eigenvalue weighted by Crippen LogP contribution is -2.22. The molecule has 1 amide bonds. The molecule has 26 heavy (non-hydrogen) atoms. The third kappa shape index (κ3) is 3.52. The fourth-order valence-electron chi connectivity index (χ4n) is 2.70. The molecule has 6 nitrogen and oxygen atoms in total. The van der Waals surface area contributed by atoms with Crippen LogP contribution in [-0.2, 0) is 6.54 Å². The second-order valence-corrected chi connectivity index (χ2v) is 6.62. The van der Waals surface area contributed by atoms with Crippen molar-refractivity contribution in [3.8, 4) is 5.75 Å². The number of aryl methyl sites for hydroxylation is 1. The van der Waals surface area contributed by atoms with Gasteiger partial charge in [-0.2, -0.15) is 0 Å². The Morgan fingerprint density at radius 1 is 1.35 bits per heavy atom. The summed E-state index contributed by atoms with van der Waals surface area (Å²) in [6.07, 6.45) is 3.16. The van der Waals surface area contributed by atoms with E-state index in [-0.39, 0.29) is 5.91 Å². The molecule has 134 valence electrons. The van der Waals surface area contributed by atoms with Crippen molar-refractivity contribution in [1.82, 2.24) is 15.3 Å². The van der Waals surface area contributed by atoms with Gasteiger partial charge in [-0.25, -0.2) is 9.97 Å². The van der Waals surface area contributed by atoms with Crippen LogP contribution in [0.25, 0.3) is 10.2 Å². The van der Waals surface area contributed by atoms with Gasteiger partial charge in [0.2, 0.25) is 0 Å². The molecule has 0 fully saturated rings. The normalized spacial score (nSPS) is 10.5. The Bertz CT molecular complexity index is 952. The molecule has 0 aliphatic carbocycles. The largest absolute Gasteiger partial charge is 0.496 e. The number of nitrogens with zero attached hydrogens (tertiary/aromatic N) is 2. The Morgan fingerprint density at radius 2 is 2.15 bits per heavy atom. The van der Waals surface area contributed by atoms with E-state index in [2.05, 4.69) is 27.2 Å². The zero-order chi connectivity index (χ0) is 18.5. The minimum atomic E-state index is -0.124. The molecular formula is C19H20N4O2S. The van der Waals surface area contributed by atoms with Crippen LogP contribution < -0.4 is 15.4 Å². The first kappa shape index (κ1) is 17.9. The maximum Gasteiger partial charge on any atom is 0.261 e. The summed E-state index contributed by atoms with van der Waals surface area (Å²) in [5.41, 5.74) is 1.90. The standard InChI is InChI=1S/C19H20N4O2S/c1-4-9-20-18(24)16-12(2)15-17(22-11-23-19(15)26-16)21-10-13-7-5-6-8-14(13)25-3/h4-8,11H,1,9-10H2,2-3H3,(H,20,24)(H,21,22,23). The Morgan fingerprint density at radius 3 is 2.92 bits per heavy atom.